The Morgan fingerprint density at radius 3 is 2.71 bits per heavy atom. The summed E-state index contributed by atoms with van der Waals surface area (Å²) in [5.74, 6) is 0.548. The van der Waals surface area contributed by atoms with Crippen molar-refractivity contribution in [2.24, 2.45) is 0 Å². The summed E-state index contributed by atoms with van der Waals surface area (Å²) in [6, 6.07) is 1.00. The summed E-state index contributed by atoms with van der Waals surface area (Å²) >= 11 is 0. The number of imidazole rings is 1. The molecule has 6 heteroatoms. The van der Waals surface area contributed by atoms with Crippen LogP contribution in [-0.2, 0) is 6.18 Å². The summed E-state index contributed by atoms with van der Waals surface area (Å²) in [6.45, 7) is 1.66. The second-order valence-electron chi connectivity index (χ2n) is 2.92. The highest BCUT2D eigenvalue weighted by molar-refractivity contribution is 5.71. The number of alkyl halides is 3. The summed E-state index contributed by atoms with van der Waals surface area (Å²) in [7, 11) is 0. The van der Waals surface area contributed by atoms with Gasteiger partial charge in [0.25, 0.3) is 0 Å². The first-order valence-corrected chi connectivity index (χ1v) is 3.86. The molecule has 2 aromatic rings. The number of fused-ring (bicyclic) bond motifs is 1. The van der Waals surface area contributed by atoms with Gasteiger partial charge >= 0.3 is 6.18 Å². The Hall–Kier alpha value is -1.59. The molecule has 0 saturated carbocycles. The molecule has 14 heavy (non-hydrogen) atoms. The second kappa shape index (κ2) is 2.70. The van der Waals surface area contributed by atoms with Crippen LogP contribution in [0.2, 0.25) is 0 Å². The van der Waals surface area contributed by atoms with Gasteiger partial charge in [0, 0.05) is 6.20 Å². The van der Waals surface area contributed by atoms with E-state index in [-0.39, 0.29) is 0 Å². The van der Waals surface area contributed by atoms with Gasteiger partial charge in [-0.05, 0) is 13.0 Å². The Kier molecular flexibility index (Phi) is 1.73. The van der Waals surface area contributed by atoms with Crippen molar-refractivity contribution in [3.63, 3.8) is 0 Å². The lowest BCUT2D eigenvalue weighted by molar-refractivity contribution is -0.137. The zero-order valence-corrected chi connectivity index (χ0v) is 7.18. The average Bonchev–Trinajstić information content (AvgIpc) is 2.41. The maximum atomic E-state index is 12.2. The Bertz CT molecular complexity index is 472. The molecular formula is C8H6F3N3. The molecule has 2 rings (SSSR count). The number of nitrogens with one attached hydrogen (secondary N) is 1. The van der Waals surface area contributed by atoms with E-state index in [0.717, 1.165) is 12.3 Å². The molecule has 2 heterocycles. The summed E-state index contributed by atoms with van der Waals surface area (Å²) < 4.78 is 36.7. The fourth-order valence-electron chi connectivity index (χ4n) is 1.18. The van der Waals surface area contributed by atoms with Gasteiger partial charge in [0.2, 0.25) is 0 Å². The van der Waals surface area contributed by atoms with Crippen LogP contribution in [0.15, 0.2) is 12.3 Å². The Morgan fingerprint density at radius 1 is 1.36 bits per heavy atom. The van der Waals surface area contributed by atoms with Gasteiger partial charge in [-0.3, -0.25) is 0 Å². The number of hydrogen-bond acceptors (Lipinski definition) is 2. The first-order chi connectivity index (χ1) is 6.47. The highest BCUT2D eigenvalue weighted by Crippen LogP contribution is 2.29. The number of nitrogens with zero attached hydrogens (tertiary/aromatic N) is 2. The molecule has 74 valence electrons. The standard InChI is InChI=1S/C8H6F3N3/c1-4-13-6-2-5(8(9,10)11)3-12-7(6)14-4/h2-3H,1H3,(H,12,13,14). The molecule has 0 aliphatic carbocycles. The molecule has 0 aromatic carbocycles. The molecule has 1 N–H and O–H groups in total. The van der Waals surface area contributed by atoms with Gasteiger partial charge in [-0.15, -0.1) is 0 Å². The lowest BCUT2D eigenvalue weighted by Crippen LogP contribution is -2.05. The van der Waals surface area contributed by atoms with Crippen molar-refractivity contribution >= 4 is 11.2 Å². The highest BCUT2D eigenvalue weighted by atomic mass is 19.4. The van der Waals surface area contributed by atoms with E-state index >= 15 is 0 Å². The molecule has 0 aliphatic rings. The van der Waals surface area contributed by atoms with Crippen LogP contribution in [0.5, 0.6) is 0 Å². The number of hydrogen-bond donors (Lipinski definition) is 1. The number of aryl methyl sites for hydroxylation is 1. The van der Waals surface area contributed by atoms with E-state index in [1.165, 1.54) is 0 Å². The number of halogens is 3. The van der Waals surface area contributed by atoms with Crippen molar-refractivity contribution in [1.82, 2.24) is 15.0 Å². The van der Waals surface area contributed by atoms with E-state index in [0.29, 0.717) is 17.0 Å². The molecule has 0 spiro atoms. The van der Waals surface area contributed by atoms with E-state index in [1.807, 2.05) is 0 Å². The van der Waals surface area contributed by atoms with Crippen molar-refractivity contribution in [1.29, 1.82) is 0 Å². The normalized spacial score (nSPS) is 12.3. The maximum Gasteiger partial charge on any atom is 0.417 e. The first-order valence-electron chi connectivity index (χ1n) is 3.86. The lowest BCUT2D eigenvalue weighted by atomic mass is 10.2. The molecule has 0 aliphatic heterocycles. The van der Waals surface area contributed by atoms with Gasteiger partial charge in [-0.25, -0.2) is 9.97 Å². The van der Waals surface area contributed by atoms with Gasteiger partial charge < -0.3 is 4.98 Å². The maximum absolute atomic E-state index is 12.2. The van der Waals surface area contributed by atoms with E-state index < -0.39 is 11.7 Å². The van der Waals surface area contributed by atoms with E-state index in [4.69, 9.17) is 0 Å². The molecule has 3 nitrogen and oxygen atoms in total. The number of aromatic nitrogens is 3. The summed E-state index contributed by atoms with van der Waals surface area (Å²) in [4.78, 5) is 10.2. The van der Waals surface area contributed by atoms with E-state index in [9.17, 15) is 13.2 Å². The number of aromatic amines is 1. The molecule has 0 unspecified atom stereocenters. The number of H-pyrrole nitrogens is 1. The van der Waals surface area contributed by atoms with E-state index in [2.05, 4.69) is 15.0 Å². The fourth-order valence-corrected chi connectivity index (χ4v) is 1.18. The molecule has 0 atom stereocenters. The lowest BCUT2D eigenvalue weighted by Gasteiger charge is -2.04. The van der Waals surface area contributed by atoms with Gasteiger partial charge in [-0.1, -0.05) is 0 Å². The van der Waals surface area contributed by atoms with Crippen molar-refractivity contribution in [3.05, 3.63) is 23.7 Å². The quantitative estimate of drug-likeness (QED) is 0.710. The molecule has 0 saturated heterocycles. The zero-order valence-electron chi connectivity index (χ0n) is 7.18. The van der Waals surface area contributed by atoms with Crippen LogP contribution in [0.4, 0.5) is 13.2 Å². The third-order valence-electron chi connectivity index (χ3n) is 1.78. The van der Waals surface area contributed by atoms with Gasteiger partial charge in [0.05, 0.1) is 11.1 Å². The third kappa shape index (κ3) is 1.43. The highest BCUT2D eigenvalue weighted by Gasteiger charge is 2.31. The molecule has 0 radical (unpaired) electrons. The minimum Gasteiger partial charge on any atom is -0.341 e. The van der Waals surface area contributed by atoms with Crippen molar-refractivity contribution < 1.29 is 13.2 Å². The summed E-state index contributed by atoms with van der Waals surface area (Å²) in [6.07, 6.45) is -3.58. The number of rotatable bonds is 0. The van der Waals surface area contributed by atoms with Crippen molar-refractivity contribution in [3.8, 4) is 0 Å². The van der Waals surface area contributed by atoms with Crippen LogP contribution in [0.1, 0.15) is 11.4 Å². The second-order valence-corrected chi connectivity index (χ2v) is 2.92. The molecule has 0 fully saturated rings. The average molecular weight is 201 g/mol. The minimum absolute atomic E-state index is 0.301. The predicted octanol–water partition coefficient (Wildman–Crippen LogP) is 2.29. The van der Waals surface area contributed by atoms with Gasteiger partial charge in [0.1, 0.15) is 5.82 Å². The summed E-state index contributed by atoms with van der Waals surface area (Å²) in [5, 5.41) is 0. The summed E-state index contributed by atoms with van der Waals surface area (Å²) in [5.41, 5.74) is -0.165. The number of pyridine rings is 1. The van der Waals surface area contributed by atoms with E-state index in [1.54, 1.807) is 6.92 Å². The van der Waals surface area contributed by atoms with Crippen molar-refractivity contribution in [2.75, 3.05) is 0 Å². The minimum atomic E-state index is -4.36. The van der Waals surface area contributed by atoms with Crippen LogP contribution in [0.25, 0.3) is 11.2 Å². The van der Waals surface area contributed by atoms with Crippen LogP contribution in [0, 0.1) is 6.92 Å². The predicted molar refractivity (Wildman–Crippen MR) is 43.6 cm³/mol. The Labute approximate surface area is 77.0 Å². The SMILES string of the molecule is Cc1nc2ncc(C(F)(F)F)cc2[nH]1. The van der Waals surface area contributed by atoms with Gasteiger partial charge in [-0.2, -0.15) is 13.2 Å². The molecule has 0 amide bonds. The Morgan fingerprint density at radius 2 is 2.07 bits per heavy atom. The topological polar surface area (TPSA) is 41.6 Å². The largest absolute Gasteiger partial charge is 0.417 e. The van der Waals surface area contributed by atoms with Crippen LogP contribution in [0.3, 0.4) is 0 Å². The van der Waals surface area contributed by atoms with Crippen LogP contribution < -0.4 is 0 Å². The fraction of sp³-hybridized carbons (Fsp3) is 0.250. The van der Waals surface area contributed by atoms with Crippen LogP contribution >= 0.6 is 0 Å². The molecule has 0 bridgehead atoms. The molecular weight excluding hydrogens is 195 g/mol. The smallest absolute Gasteiger partial charge is 0.341 e. The third-order valence-corrected chi connectivity index (χ3v) is 1.78. The molecule has 2 aromatic heterocycles. The monoisotopic (exact) mass is 201 g/mol. The first kappa shape index (κ1) is 8.98. The van der Waals surface area contributed by atoms with Crippen LogP contribution in [-0.4, -0.2) is 15.0 Å². The zero-order chi connectivity index (χ0) is 10.3. The van der Waals surface area contributed by atoms with Crippen molar-refractivity contribution in [2.45, 2.75) is 13.1 Å². The Balaban J connectivity index is 2.62. The van der Waals surface area contributed by atoms with Gasteiger partial charge in [0.15, 0.2) is 5.65 Å².